The van der Waals surface area contributed by atoms with Crippen molar-refractivity contribution in [2.75, 3.05) is 15.9 Å². The number of hydrogen-bond acceptors (Lipinski definition) is 3. The number of nitrogens with zero attached hydrogens (tertiary/aromatic N) is 1. The number of hydrogen-bond donors (Lipinski definition) is 1. The average Bonchev–Trinajstić information content (AvgIpc) is 2.49. The average molecular weight is 436 g/mol. The van der Waals surface area contributed by atoms with Gasteiger partial charge in [0.2, 0.25) is 15.9 Å². The normalized spacial score (nSPS) is 12.5. The second-order valence-electron chi connectivity index (χ2n) is 5.61. The summed E-state index contributed by atoms with van der Waals surface area (Å²) in [5, 5.41) is 3.69. The van der Waals surface area contributed by atoms with E-state index >= 15 is 0 Å². The molecule has 0 aromatic heterocycles. The van der Waals surface area contributed by atoms with Crippen LogP contribution in [0.25, 0.3) is 0 Å². The Bertz CT molecular complexity index is 899. The molecule has 1 atom stereocenters. The Morgan fingerprint density at radius 2 is 1.69 bits per heavy atom. The van der Waals surface area contributed by atoms with Gasteiger partial charge in [-0.05, 0) is 42.8 Å². The SMILES string of the molecule is CC[C@@H](C(=O)Nc1cccc(Cl)c1)N(c1cc(Cl)cc(Cl)c1)S(C)(=O)=O. The molecule has 5 nitrogen and oxygen atoms in total. The van der Waals surface area contributed by atoms with Crippen molar-refractivity contribution < 1.29 is 13.2 Å². The molecule has 2 rings (SSSR count). The molecule has 0 saturated carbocycles. The van der Waals surface area contributed by atoms with Crippen LogP contribution in [0.2, 0.25) is 15.1 Å². The molecular weight excluding hydrogens is 419 g/mol. The van der Waals surface area contributed by atoms with Crippen molar-refractivity contribution in [1.29, 1.82) is 0 Å². The van der Waals surface area contributed by atoms with Gasteiger partial charge in [-0.3, -0.25) is 9.10 Å². The van der Waals surface area contributed by atoms with E-state index in [0.29, 0.717) is 10.7 Å². The summed E-state index contributed by atoms with van der Waals surface area (Å²) in [5.74, 6) is -0.490. The smallest absolute Gasteiger partial charge is 0.248 e. The number of rotatable bonds is 6. The number of sulfonamides is 1. The second kappa shape index (κ2) is 8.48. The van der Waals surface area contributed by atoms with E-state index < -0.39 is 22.0 Å². The van der Waals surface area contributed by atoms with Gasteiger partial charge in [-0.25, -0.2) is 8.42 Å². The first-order chi connectivity index (χ1) is 12.1. The molecule has 9 heteroatoms. The van der Waals surface area contributed by atoms with Crippen molar-refractivity contribution in [3.63, 3.8) is 0 Å². The fraction of sp³-hybridized carbons (Fsp3) is 0.235. The van der Waals surface area contributed by atoms with E-state index in [9.17, 15) is 13.2 Å². The summed E-state index contributed by atoms with van der Waals surface area (Å²) in [4.78, 5) is 12.8. The minimum absolute atomic E-state index is 0.220. The van der Waals surface area contributed by atoms with Gasteiger partial charge in [-0.2, -0.15) is 0 Å². The molecule has 0 aliphatic heterocycles. The fourth-order valence-electron chi connectivity index (χ4n) is 2.52. The summed E-state index contributed by atoms with van der Waals surface area (Å²) in [6, 6.07) is 9.99. The Kier molecular flexibility index (Phi) is 6.80. The number of anilines is 2. The molecule has 2 aromatic rings. The molecule has 140 valence electrons. The van der Waals surface area contributed by atoms with Gasteiger partial charge in [0.25, 0.3) is 0 Å². The third kappa shape index (κ3) is 5.27. The van der Waals surface area contributed by atoms with Crippen LogP contribution in [0.15, 0.2) is 42.5 Å². The second-order valence-corrected chi connectivity index (χ2v) is 8.78. The lowest BCUT2D eigenvalue weighted by atomic mass is 10.2. The highest BCUT2D eigenvalue weighted by molar-refractivity contribution is 7.92. The van der Waals surface area contributed by atoms with Crippen molar-refractivity contribution in [1.82, 2.24) is 0 Å². The van der Waals surface area contributed by atoms with Crippen LogP contribution < -0.4 is 9.62 Å². The van der Waals surface area contributed by atoms with E-state index in [-0.39, 0.29) is 22.2 Å². The number of halogens is 3. The fourth-order valence-corrected chi connectivity index (χ4v) is 4.42. The van der Waals surface area contributed by atoms with E-state index in [2.05, 4.69) is 5.32 Å². The van der Waals surface area contributed by atoms with Crippen molar-refractivity contribution in [3.05, 3.63) is 57.5 Å². The predicted octanol–water partition coefficient (Wildman–Crippen LogP) is 4.83. The minimum Gasteiger partial charge on any atom is -0.324 e. The van der Waals surface area contributed by atoms with Crippen LogP contribution in [0.4, 0.5) is 11.4 Å². The molecule has 0 aliphatic carbocycles. The van der Waals surface area contributed by atoms with Gasteiger partial charge in [0.1, 0.15) is 6.04 Å². The zero-order valence-electron chi connectivity index (χ0n) is 14.0. The Balaban J connectivity index is 2.42. The lowest BCUT2D eigenvalue weighted by molar-refractivity contribution is -0.117. The summed E-state index contributed by atoms with van der Waals surface area (Å²) >= 11 is 17.9. The molecule has 0 saturated heterocycles. The highest BCUT2D eigenvalue weighted by Crippen LogP contribution is 2.30. The number of carbonyl (C=O) groups is 1. The van der Waals surface area contributed by atoms with E-state index in [1.54, 1.807) is 31.2 Å². The first kappa shape index (κ1) is 20.8. The van der Waals surface area contributed by atoms with Gasteiger partial charge in [0.15, 0.2) is 0 Å². The number of benzene rings is 2. The molecule has 0 bridgehead atoms. The Labute approximate surface area is 167 Å². The van der Waals surface area contributed by atoms with Gasteiger partial charge in [-0.15, -0.1) is 0 Å². The van der Waals surface area contributed by atoms with E-state index in [1.165, 1.54) is 18.2 Å². The molecule has 2 aromatic carbocycles. The van der Waals surface area contributed by atoms with Gasteiger partial charge >= 0.3 is 0 Å². The molecule has 0 fully saturated rings. The van der Waals surface area contributed by atoms with Crippen molar-refractivity contribution in [2.45, 2.75) is 19.4 Å². The quantitative estimate of drug-likeness (QED) is 0.706. The number of carbonyl (C=O) groups excluding carboxylic acids is 1. The van der Waals surface area contributed by atoms with E-state index in [1.807, 2.05) is 0 Å². The van der Waals surface area contributed by atoms with Crippen LogP contribution in [0.3, 0.4) is 0 Å². The van der Waals surface area contributed by atoms with Gasteiger partial charge in [0, 0.05) is 20.8 Å². The van der Waals surface area contributed by atoms with Gasteiger partial charge in [0.05, 0.1) is 11.9 Å². The zero-order chi connectivity index (χ0) is 19.5. The predicted molar refractivity (Wildman–Crippen MR) is 108 cm³/mol. The first-order valence-electron chi connectivity index (χ1n) is 7.63. The molecular formula is C17H17Cl3N2O3S. The Morgan fingerprint density at radius 3 is 2.19 bits per heavy atom. The highest BCUT2D eigenvalue weighted by Gasteiger charge is 2.32. The largest absolute Gasteiger partial charge is 0.324 e. The third-order valence-electron chi connectivity index (χ3n) is 3.52. The van der Waals surface area contributed by atoms with Crippen LogP contribution in [0.1, 0.15) is 13.3 Å². The Hall–Kier alpha value is -1.47. The summed E-state index contributed by atoms with van der Waals surface area (Å²) in [7, 11) is -3.78. The molecule has 1 N–H and O–H groups in total. The van der Waals surface area contributed by atoms with E-state index in [0.717, 1.165) is 10.6 Å². The molecule has 0 unspecified atom stereocenters. The highest BCUT2D eigenvalue weighted by atomic mass is 35.5. The monoisotopic (exact) mass is 434 g/mol. The van der Waals surface area contributed by atoms with Crippen molar-refractivity contribution in [3.8, 4) is 0 Å². The Morgan fingerprint density at radius 1 is 1.08 bits per heavy atom. The lowest BCUT2D eigenvalue weighted by Gasteiger charge is -2.30. The lowest BCUT2D eigenvalue weighted by Crippen LogP contribution is -2.47. The maximum atomic E-state index is 12.8. The first-order valence-corrected chi connectivity index (χ1v) is 10.6. The van der Waals surface area contributed by atoms with Crippen LogP contribution in [-0.2, 0) is 14.8 Å². The third-order valence-corrected chi connectivity index (χ3v) is 5.38. The van der Waals surface area contributed by atoms with E-state index in [4.69, 9.17) is 34.8 Å². The summed E-state index contributed by atoms with van der Waals surface area (Å²) in [6.45, 7) is 1.71. The molecule has 0 aliphatic rings. The molecule has 0 spiro atoms. The number of nitrogens with one attached hydrogen (secondary N) is 1. The van der Waals surface area contributed by atoms with Crippen molar-refractivity contribution in [2.24, 2.45) is 0 Å². The minimum atomic E-state index is -3.78. The summed E-state index contributed by atoms with van der Waals surface area (Å²) in [6.07, 6.45) is 1.26. The summed E-state index contributed by atoms with van der Waals surface area (Å²) < 4.78 is 25.8. The van der Waals surface area contributed by atoms with Crippen LogP contribution in [-0.4, -0.2) is 26.6 Å². The van der Waals surface area contributed by atoms with Crippen LogP contribution >= 0.6 is 34.8 Å². The molecule has 0 heterocycles. The maximum Gasteiger partial charge on any atom is 0.248 e. The van der Waals surface area contributed by atoms with Crippen molar-refractivity contribution >= 4 is 62.1 Å². The molecule has 0 radical (unpaired) electrons. The maximum absolute atomic E-state index is 12.8. The topological polar surface area (TPSA) is 66.5 Å². The van der Waals surface area contributed by atoms with Gasteiger partial charge in [-0.1, -0.05) is 47.8 Å². The summed E-state index contributed by atoms with van der Waals surface area (Å²) in [5.41, 5.74) is 0.691. The van der Waals surface area contributed by atoms with Crippen LogP contribution in [0, 0.1) is 0 Å². The van der Waals surface area contributed by atoms with Gasteiger partial charge < -0.3 is 5.32 Å². The molecule has 26 heavy (non-hydrogen) atoms. The standard InChI is InChI=1S/C17H17Cl3N2O3S/c1-3-16(17(23)21-14-6-4-5-11(18)8-14)22(26(2,24)25)15-9-12(19)7-13(20)10-15/h4-10,16H,3H2,1-2H3,(H,21,23)/t16-/m0/s1. The number of amides is 1. The van der Waals surface area contributed by atoms with Crippen LogP contribution in [0.5, 0.6) is 0 Å². The molecule has 1 amide bonds. The zero-order valence-corrected chi connectivity index (χ0v) is 17.1.